The molecule has 0 spiro atoms. The Labute approximate surface area is 118 Å². The second-order valence-corrected chi connectivity index (χ2v) is 7.95. The molecule has 1 aliphatic rings. The number of rotatable bonds is 4. The summed E-state index contributed by atoms with van der Waals surface area (Å²) in [5, 5.41) is 0. The molecule has 19 heavy (non-hydrogen) atoms. The summed E-state index contributed by atoms with van der Waals surface area (Å²) >= 11 is 0. The zero-order valence-electron chi connectivity index (χ0n) is 10.8. The molecular weight excluding hydrogens is 270 g/mol. The first-order valence-corrected chi connectivity index (χ1v) is 8.92. The van der Waals surface area contributed by atoms with Gasteiger partial charge in [0.1, 0.15) is 0 Å². The summed E-state index contributed by atoms with van der Waals surface area (Å²) in [6, 6.07) is 12.5. The van der Waals surface area contributed by atoms with Gasteiger partial charge in [0.2, 0.25) is 0 Å². The van der Waals surface area contributed by atoms with E-state index in [2.05, 4.69) is 34.2 Å². The highest BCUT2D eigenvalue weighted by atomic mass is 31.1. The van der Waals surface area contributed by atoms with Crippen LogP contribution in [-0.4, -0.2) is 21.3 Å². The molecule has 4 unspecified atom stereocenters. The van der Waals surface area contributed by atoms with Gasteiger partial charge in [-0.05, 0) is 48.4 Å². The Morgan fingerprint density at radius 2 is 1.32 bits per heavy atom. The maximum atomic E-state index is 4.48. The third-order valence-corrected chi connectivity index (χ3v) is 7.15. The zero-order chi connectivity index (χ0) is 12.9. The number of hydrogen-bond acceptors (Lipinski definition) is 2. The first-order valence-electron chi connectivity index (χ1n) is 6.77. The minimum absolute atomic E-state index is 0.815. The maximum absolute atomic E-state index is 4.48. The topological polar surface area (TPSA) is 25.8 Å². The highest BCUT2D eigenvalue weighted by Crippen LogP contribution is 2.42. The van der Waals surface area contributed by atoms with E-state index in [1.165, 1.54) is 30.1 Å². The molecule has 1 fully saturated rings. The van der Waals surface area contributed by atoms with Crippen LogP contribution in [0.1, 0.15) is 19.3 Å². The molecule has 2 heterocycles. The zero-order valence-corrected chi connectivity index (χ0v) is 12.8. The van der Waals surface area contributed by atoms with Crippen LogP contribution in [0.3, 0.4) is 0 Å². The monoisotopic (exact) mass is 288 g/mol. The number of aromatic nitrogens is 2. The van der Waals surface area contributed by atoms with Crippen molar-refractivity contribution in [2.75, 3.05) is 0 Å². The van der Waals surface area contributed by atoms with E-state index in [1.54, 1.807) is 0 Å². The lowest BCUT2D eigenvalue weighted by atomic mass is 10.4. The molecule has 0 radical (unpaired) electrons. The largest absolute Gasteiger partial charge is 0.257 e. The number of nitrogens with zero attached hydrogens (tertiary/aromatic N) is 2. The van der Waals surface area contributed by atoms with Crippen LogP contribution in [0.4, 0.5) is 0 Å². The van der Waals surface area contributed by atoms with Gasteiger partial charge in [0.25, 0.3) is 0 Å². The molecule has 0 bridgehead atoms. The van der Waals surface area contributed by atoms with Gasteiger partial charge in [-0.3, -0.25) is 9.97 Å². The van der Waals surface area contributed by atoms with E-state index in [0.29, 0.717) is 0 Å². The molecule has 0 N–H and O–H groups in total. The molecule has 2 aromatic rings. The molecule has 0 saturated heterocycles. The fourth-order valence-electron chi connectivity index (χ4n) is 2.58. The molecule has 2 aromatic heterocycles. The highest BCUT2D eigenvalue weighted by Gasteiger charge is 2.28. The summed E-state index contributed by atoms with van der Waals surface area (Å²) in [6.45, 7) is 0. The molecule has 3 rings (SSSR count). The normalized spacial score (nSPS) is 23.8. The van der Waals surface area contributed by atoms with Crippen LogP contribution in [0.25, 0.3) is 0 Å². The van der Waals surface area contributed by atoms with Gasteiger partial charge in [0.15, 0.2) is 0 Å². The van der Waals surface area contributed by atoms with Gasteiger partial charge in [0.05, 0.1) is 10.9 Å². The smallest absolute Gasteiger partial charge is 0.0602 e. The van der Waals surface area contributed by atoms with Crippen molar-refractivity contribution in [2.45, 2.75) is 30.6 Å². The van der Waals surface area contributed by atoms with Crippen molar-refractivity contribution in [2.24, 2.45) is 0 Å². The van der Waals surface area contributed by atoms with Crippen molar-refractivity contribution in [1.29, 1.82) is 0 Å². The van der Waals surface area contributed by atoms with Crippen molar-refractivity contribution >= 4 is 28.0 Å². The Morgan fingerprint density at radius 1 is 0.789 bits per heavy atom. The number of pyridine rings is 2. The van der Waals surface area contributed by atoms with Gasteiger partial charge in [-0.2, -0.15) is 0 Å². The van der Waals surface area contributed by atoms with Crippen LogP contribution >= 0.6 is 17.2 Å². The van der Waals surface area contributed by atoms with Gasteiger partial charge in [0, 0.05) is 12.4 Å². The quantitative estimate of drug-likeness (QED) is 0.808. The second-order valence-electron chi connectivity index (χ2n) is 4.86. The first kappa shape index (κ1) is 13.2. The van der Waals surface area contributed by atoms with Crippen LogP contribution in [0, 0.1) is 0 Å². The molecule has 0 amide bonds. The second kappa shape index (κ2) is 6.55. The molecular formula is C15H18N2P2. The summed E-state index contributed by atoms with van der Waals surface area (Å²) in [5.74, 6) is 0. The first-order chi connectivity index (χ1) is 9.42. The van der Waals surface area contributed by atoms with E-state index < -0.39 is 0 Å². The fraction of sp³-hybridized carbons (Fsp3) is 0.333. The van der Waals surface area contributed by atoms with Crippen LogP contribution in [0.2, 0.25) is 0 Å². The lowest BCUT2D eigenvalue weighted by molar-refractivity contribution is 0.889. The van der Waals surface area contributed by atoms with Crippen LogP contribution in [0.15, 0.2) is 48.8 Å². The molecule has 1 saturated carbocycles. The Bertz CT molecular complexity index is 457. The van der Waals surface area contributed by atoms with E-state index in [1.807, 2.05) is 24.5 Å². The molecule has 2 nitrogen and oxygen atoms in total. The van der Waals surface area contributed by atoms with E-state index in [9.17, 15) is 0 Å². The average molecular weight is 288 g/mol. The third kappa shape index (κ3) is 3.59. The summed E-state index contributed by atoms with van der Waals surface area (Å²) in [6.07, 6.45) is 7.91. The lowest BCUT2D eigenvalue weighted by Gasteiger charge is -2.18. The van der Waals surface area contributed by atoms with Gasteiger partial charge in [-0.1, -0.05) is 35.7 Å². The third-order valence-electron chi connectivity index (χ3n) is 3.51. The Balaban J connectivity index is 1.65. The van der Waals surface area contributed by atoms with E-state index in [0.717, 1.165) is 28.5 Å². The molecule has 0 aliphatic heterocycles. The lowest BCUT2D eigenvalue weighted by Crippen LogP contribution is -2.18. The van der Waals surface area contributed by atoms with Crippen LogP contribution in [0.5, 0.6) is 0 Å². The predicted octanol–water partition coefficient (Wildman–Crippen LogP) is 2.71. The van der Waals surface area contributed by atoms with Crippen molar-refractivity contribution in [3.63, 3.8) is 0 Å². The van der Waals surface area contributed by atoms with E-state index in [-0.39, 0.29) is 0 Å². The summed E-state index contributed by atoms with van der Waals surface area (Å²) < 4.78 is 0. The van der Waals surface area contributed by atoms with Gasteiger partial charge >= 0.3 is 0 Å². The Morgan fingerprint density at radius 3 is 1.74 bits per heavy atom. The van der Waals surface area contributed by atoms with Gasteiger partial charge in [-0.25, -0.2) is 0 Å². The van der Waals surface area contributed by atoms with Crippen molar-refractivity contribution in [3.05, 3.63) is 48.8 Å². The molecule has 1 aliphatic carbocycles. The van der Waals surface area contributed by atoms with Crippen molar-refractivity contribution in [1.82, 2.24) is 9.97 Å². The summed E-state index contributed by atoms with van der Waals surface area (Å²) in [5.41, 5.74) is 4.17. The minimum Gasteiger partial charge on any atom is -0.257 e. The molecule has 4 heteroatoms. The standard InChI is InChI=1S/C15H18N2P2/c1-3-10-16-14(8-1)18-12-6-5-7-13(12)19-15-9-2-4-11-17-15/h1-4,8-13,18-19H,5-7H2. The SMILES string of the molecule is c1ccc(PC2CCCC2Pc2ccccn2)nc1. The van der Waals surface area contributed by atoms with Crippen molar-refractivity contribution in [3.8, 4) is 0 Å². The molecule has 4 atom stereocenters. The van der Waals surface area contributed by atoms with E-state index >= 15 is 0 Å². The predicted molar refractivity (Wildman–Crippen MR) is 85.8 cm³/mol. The van der Waals surface area contributed by atoms with E-state index in [4.69, 9.17) is 0 Å². The van der Waals surface area contributed by atoms with Gasteiger partial charge < -0.3 is 0 Å². The van der Waals surface area contributed by atoms with Crippen LogP contribution < -0.4 is 10.9 Å². The fourth-order valence-corrected chi connectivity index (χ4v) is 5.96. The molecule has 0 aromatic carbocycles. The Hall–Kier alpha value is -0.840. The average Bonchev–Trinajstić information content (AvgIpc) is 2.88. The minimum atomic E-state index is 0.815. The molecule has 98 valence electrons. The van der Waals surface area contributed by atoms with Crippen LogP contribution in [-0.2, 0) is 0 Å². The van der Waals surface area contributed by atoms with Gasteiger partial charge in [-0.15, -0.1) is 0 Å². The summed E-state index contributed by atoms with van der Waals surface area (Å²) in [4.78, 5) is 8.97. The Kier molecular flexibility index (Phi) is 4.53. The van der Waals surface area contributed by atoms with Crippen molar-refractivity contribution < 1.29 is 0 Å². The highest BCUT2D eigenvalue weighted by molar-refractivity contribution is 7.52. The maximum Gasteiger partial charge on any atom is 0.0602 e. The number of hydrogen-bond donors (Lipinski definition) is 0. The summed E-state index contributed by atoms with van der Waals surface area (Å²) in [7, 11) is 1.72.